The molecule has 111 heavy (non-hydrogen) atoms. The highest BCUT2D eigenvalue weighted by Crippen LogP contribution is 2.55. The second-order valence-corrected chi connectivity index (χ2v) is 31.3. The van der Waals surface area contributed by atoms with Crippen LogP contribution >= 0.6 is 23.2 Å². The van der Waals surface area contributed by atoms with Gasteiger partial charge in [-0.25, -0.2) is 0 Å². The number of aromatic hydroxyl groups is 3. The zero-order valence-electron chi connectivity index (χ0n) is 61.0. The summed E-state index contributed by atoms with van der Waals surface area (Å²) >= 11 is 14.3. The van der Waals surface area contributed by atoms with Crippen LogP contribution in [0.4, 0.5) is 0 Å². The largest absolute Gasteiger partial charge is 0.508 e. The molecule has 22 N–H and O–H groups in total. The SMILES string of the molecule is CCOC(CC(C)(N)C(C)O)OC1C(Oc2c3cc4cc2Oc2ccc(cc2Cl)[C@@H](O)[C@H]2NC(=O)[C@H](NC(=O)[C@@H]4NC(=O)[C@H](CC(N)=O)NC(=O)[C@H](NC(=O)[C@H](N)CC(C)C)[C@H](O)c4ccc(c(Cl)c4)O3)c3ccc(O)c(c3)-c3c(O)cc(O)cc3[C@@H](C(=O)NC3C4CC5CC(C4)CC3C5)NC2=O)OC(CO)C(O)C1O. The molecule has 15 rings (SSSR count). The van der Waals surface area contributed by atoms with Crippen molar-refractivity contribution in [3.63, 3.8) is 0 Å². The molecule has 4 aliphatic carbocycles. The van der Waals surface area contributed by atoms with Crippen LogP contribution in [0.2, 0.25) is 10.0 Å². The maximum absolute atomic E-state index is 16.3. The number of phenols is 3. The standard InChI is InChI=1S/C76H92Cl2N10O23/c1-6-106-54(27-76(5,81)30(4)90)110-67-65(98)64(97)52(28-89)109-75(67)111-66-50-22-38-23-51(66)108-49-12-9-35(21-43(49)78)63(96)61-74(105)86-59(72(103)83-56-36-15-31-14-32(17-36)18-37(56)16-31)41-24-39(91)25-47(93)55(41)40-19-33(7-10-46(40)92)57(70(101)88-61)85-71(102)58(38)84-69(100)45(26-53(80)94)82-73(104)60(87-68(99)44(79)13-29(2)3)62(95)34-8-11-48(107-50)42(77)20-34/h7-12,19-25,29-32,36-37,44-45,52,54,56-65,67,75,89-93,95-98H,6,13-18,26-28,79,81H2,1-5H3,(H2,80,94)(H,82,104)(H,83,103)(H,84,100)(H,85,102)(H,86,105)(H,87,99)(H,88,101)/t30?,31?,32?,36?,37?,44-,45+,52?,54?,56?,57-,58-,59+,60-,61-,62-,63-,64?,65?,67?,75?,76?/m1/s1. The Morgan fingerprint density at radius 2 is 1.28 bits per heavy atom. The normalized spacial score (nSPS) is 29.8. The number of rotatable bonds is 18. The number of ether oxygens (including phenoxy) is 6. The molecule has 5 aromatic rings. The Balaban J connectivity index is 1.07. The molecular formula is C76H92Cl2N10O23. The predicted octanol–water partition coefficient (Wildman–Crippen LogP) is 2.34. The van der Waals surface area contributed by atoms with Crippen molar-refractivity contribution >= 4 is 70.5 Å². The van der Waals surface area contributed by atoms with Gasteiger partial charge in [0.1, 0.15) is 95.5 Å². The average Bonchev–Trinajstić information content (AvgIpc) is 0.760. The molecule has 15 bridgehead atoms. The number of halogens is 2. The molecule has 35 heteroatoms. The molecule has 1 saturated heterocycles. The number of amides is 8. The first-order valence-electron chi connectivity index (χ1n) is 36.7. The number of carbonyl (C=O) groups is 8. The monoisotopic (exact) mass is 1580 g/mol. The van der Waals surface area contributed by atoms with Gasteiger partial charge >= 0.3 is 0 Å². The van der Waals surface area contributed by atoms with Crippen molar-refractivity contribution < 1.29 is 113 Å². The number of hydrogen-bond acceptors (Lipinski definition) is 25. The zero-order chi connectivity index (χ0) is 80.1. The van der Waals surface area contributed by atoms with Crippen molar-refractivity contribution in [3.8, 4) is 57.1 Å². The second-order valence-electron chi connectivity index (χ2n) is 30.5. The first-order valence-corrected chi connectivity index (χ1v) is 37.4. The summed E-state index contributed by atoms with van der Waals surface area (Å²) in [7, 11) is 0. The van der Waals surface area contributed by atoms with Crippen LogP contribution in [-0.4, -0.2) is 185 Å². The zero-order valence-corrected chi connectivity index (χ0v) is 62.5. The molecule has 33 nitrogen and oxygen atoms in total. The number of nitrogens with one attached hydrogen (secondary N) is 7. The molecule has 5 fully saturated rings. The van der Waals surface area contributed by atoms with Gasteiger partial charge in [0.15, 0.2) is 23.9 Å². The van der Waals surface area contributed by atoms with Crippen LogP contribution in [0.1, 0.15) is 144 Å². The van der Waals surface area contributed by atoms with Gasteiger partial charge in [0.05, 0.1) is 35.2 Å². The molecule has 0 radical (unpaired) electrons. The average molecular weight is 1580 g/mol. The molecule has 5 aromatic carbocycles. The first kappa shape index (κ1) is 81.3. The van der Waals surface area contributed by atoms with Crippen LogP contribution < -0.4 is 68.6 Å². The van der Waals surface area contributed by atoms with Gasteiger partial charge in [-0.2, -0.15) is 0 Å². The minimum Gasteiger partial charge on any atom is -0.508 e. The molecular weight excluding hydrogens is 1490 g/mol. The molecule has 0 aromatic heterocycles. The number of nitrogens with two attached hydrogens (primary N) is 3. The first-order chi connectivity index (χ1) is 52.6. The van der Waals surface area contributed by atoms with E-state index in [0.717, 1.165) is 86.7 Å². The summed E-state index contributed by atoms with van der Waals surface area (Å²) in [5.41, 5.74) is 15.0. The summed E-state index contributed by atoms with van der Waals surface area (Å²) in [6.07, 6.45) is -13.3. The predicted molar refractivity (Wildman–Crippen MR) is 393 cm³/mol. The van der Waals surface area contributed by atoms with Crippen LogP contribution in [0, 0.1) is 29.6 Å². The fourth-order valence-electron chi connectivity index (χ4n) is 16.1. The molecule has 6 heterocycles. The number of fused-ring (bicyclic) bond motifs is 15. The number of carbonyl (C=O) groups excluding carboxylic acids is 8. The van der Waals surface area contributed by atoms with Crippen LogP contribution in [0.5, 0.6) is 46.0 Å². The molecule has 10 aliphatic rings. The lowest BCUT2D eigenvalue weighted by atomic mass is 9.54. The number of phenolic OH excluding ortho intramolecular Hbond substituents is 3. The van der Waals surface area contributed by atoms with Gasteiger partial charge in [-0.15, -0.1) is 0 Å². The van der Waals surface area contributed by atoms with E-state index in [4.69, 9.17) is 68.8 Å². The van der Waals surface area contributed by atoms with Crippen LogP contribution in [0.3, 0.4) is 0 Å². The van der Waals surface area contributed by atoms with E-state index < -0.39 is 209 Å². The molecule has 598 valence electrons. The van der Waals surface area contributed by atoms with Gasteiger partial charge < -0.3 is 129 Å². The maximum atomic E-state index is 16.3. The number of hydrogen-bond donors (Lipinski definition) is 19. The van der Waals surface area contributed by atoms with Crippen molar-refractivity contribution in [2.75, 3.05) is 13.2 Å². The summed E-state index contributed by atoms with van der Waals surface area (Å²) in [5, 5.41) is 123. The fraction of sp³-hybridized carbons (Fsp3) is 0.500. The van der Waals surface area contributed by atoms with Crippen molar-refractivity contribution in [1.29, 1.82) is 0 Å². The van der Waals surface area contributed by atoms with Crippen LogP contribution in [0.15, 0.2) is 78.9 Å². The Morgan fingerprint density at radius 3 is 1.86 bits per heavy atom. The van der Waals surface area contributed by atoms with Crippen molar-refractivity contribution in [1.82, 2.24) is 37.2 Å². The van der Waals surface area contributed by atoms with Crippen molar-refractivity contribution in [3.05, 3.63) is 117 Å². The highest BCUT2D eigenvalue weighted by molar-refractivity contribution is 6.32. The van der Waals surface area contributed by atoms with Gasteiger partial charge in [-0.05, 0) is 171 Å². The number of primary amides is 1. The number of aliphatic hydroxyl groups excluding tert-OH is 6. The highest BCUT2D eigenvalue weighted by atomic mass is 35.5. The van der Waals surface area contributed by atoms with E-state index in [1.807, 2.05) is 0 Å². The summed E-state index contributed by atoms with van der Waals surface area (Å²) in [6.45, 7) is 7.03. The van der Waals surface area contributed by atoms with E-state index in [0.29, 0.717) is 11.8 Å². The third-order valence-electron chi connectivity index (χ3n) is 21.8. The third kappa shape index (κ3) is 17.4. The number of aliphatic hydroxyl groups is 6. The molecule has 8 unspecified atom stereocenters. The van der Waals surface area contributed by atoms with Crippen LogP contribution in [0.25, 0.3) is 11.1 Å². The van der Waals surface area contributed by atoms with E-state index in [9.17, 15) is 60.3 Å². The summed E-state index contributed by atoms with van der Waals surface area (Å²) in [5.74, 6) is -13.4. The minimum atomic E-state index is -2.34. The van der Waals surface area contributed by atoms with E-state index in [1.165, 1.54) is 38.1 Å². The molecule has 8 amide bonds. The second kappa shape index (κ2) is 33.2. The molecule has 17 atom stereocenters. The van der Waals surface area contributed by atoms with Crippen molar-refractivity contribution in [2.45, 2.75) is 195 Å². The van der Waals surface area contributed by atoms with Crippen LogP contribution in [-0.2, 0) is 52.6 Å². The number of benzene rings is 5. The highest BCUT2D eigenvalue weighted by Gasteiger charge is 2.52. The lowest BCUT2D eigenvalue weighted by Crippen LogP contribution is -2.62. The summed E-state index contributed by atoms with van der Waals surface area (Å²) < 4.78 is 38.7. The topological polar surface area (TPSA) is 536 Å². The summed E-state index contributed by atoms with van der Waals surface area (Å²) in [4.78, 5) is 121. The van der Waals surface area contributed by atoms with Gasteiger partial charge in [0, 0.05) is 41.8 Å². The van der Waals surface area contributed by atoms with Gasteiger partial charge in [-0.1, -0.05) is 55.2 Å². The van der Waals surface area contributed by atoms with E-state index in [1.54, 1.807) is 20.8 Å². The lowest BCUT2D eigenvalue weighted by Gasteiger charge is -2.54. The Bertz CT molecular complexity index is 4390. The van der Waals surface area contributed by atoms with Gasteiger partial charge in [-0.3, -0.25) is 38.4 Å². The smallest absolute Gasteiger partial charge is 0.248 e. The fourth-order valence-corrected chi connectivity index (χ4v) is 16.6. The minimum absolute atomic E-state index is 0.0496. The molecule has 4 saturated carbocycles. The van der Waals surface area contributed by atoms with E-state index >= 15 is 24.0 Å². The lowest BCUT2D eigenvalue weighted by molar-refractivity contribution is -0.318. The maximum Gasteiger partial charge on any atom is 0.248 e. The quantitative estimate of drug-likeness (QED) is 0.0560. The Kier molecular flexibility index (Phi) is 24.3. The van der Waals surface area contributed by atoms with Gasteiger partial charge in [0.2, 0.25) is 59.3 Å². The van der Waals surface area contributed by atoms with Crippen molar-refractivity contribution in [2.24, 2.45) is 46.8 Å². The van der Waals surface area contributed by atoms with Gasteiger partial charge in [0.25, 0.3) is 0 Å². The van der Waals surface area contributed by atoms with E-state index in [-0.39, 0.29) is 93.1 Å². The third-order valence-corrected chi connectivity index (χ3v) is 22.4. The Labute approximate surface area is 646 Å². The molecule has 0 spiro atoms. The Morgan fingerprint density at radius 1 is 0.685 bits per heavy atom. The molecule has 6 aliphatic heterocycles. The Hall–Kier alpha value is -9.20. The summed E-state index contributed by atoms with van der Waals surface area (Å²) in [6, 6.07) is 0.0409. The van der Waals surface area contributed by atoms with E-state index in [2.05, 4.69) is 37.2 Å².